The number of carboxylic acids is 6. The number of rotatable bonds is 10. The number of hydrogen-bond donors (Lipinski definition) is 10. The second-order valence-corrected chi connectivity index (χ2v) is 5.08. The minimum absolute atomic E-state index is 1.41. The summed E-state index contributed by atoms with van der Waals surface area (Å²) < 4.78 is 0. The predicted octanol–water partition coefficient (Wildman–Crippen LogP) is -4.56. The summed E-state index contributed by atoms with van der Waals surface area (Å²) in [5, 5.41) is 85.3. The van der Waals surface area contributed by atoms with E-state index < -0.39 is 72.1 Å². The molecule has 28 heavy (non-hydrogen) atoms. The molecule has 0 aliphatic carbocycles. The van der Waals surface area contributed by atoms with Crippen molar-refractivity contribution in [1.29, 1.82) is 0 Å². The molecule has 16 heteroatoms. The Bertz CT molecular complexity index is 598. The lowest BCUT2D eigenvalue weighted by Gasteiger charge is -2.23. The van der Waals surface area contributed by atoms with Crippen LogP contribution in [-0.4, -0.2) is 110 Å². The van der Waals surface area contributed by atoms with E-state index in [-0.39, 0.29) is 0 Å². The van der Waals surface area contributed by atoms with Crippen LogP contribution in [0.25, 0.3) is 0 Å². The van der Waals surface area contributed by atoms with E-state index in [0.29, 0.717) is 0 Å². The number of carboxylic acid groups (broad SMARTS) is 6. The summed E-state index contributed by atoms with van der Waals surface area (Å²) in [5.41, 5.74) is -6.45. The molecular weight excluding hydrogens is 400 g/mol. The molecule has 0 spiro atoms. The van der Waals surface area contributed by atoms with E-state index >= 15 is 0 Å². The van der Waals surface area contributed by atoms with Gasteiger partial charge in [0.05, 0.1) is 12.8 Å². The quantitative estimate of drug-likeness (QED) is 0.160. The molecule has 0 aliphatic heterocycles. The lowest BCUT2D eigenvalue weighted by atomic mass is 9.93. The van der Waals surface area contributed by atoms with E-state index in [1.807, 2.05) is 0 Å². The monoisotopic (exact) mass is 416 g/mol. The van der Waals surface area contributed by atoms with Gasteiger partial charge in [-0.2, -0.15) is 0 Å². The summed E-state index contributed by atoms with van der Waals surface area (Å²) in [6.45, 7) is 0. The molecule has 0 saturated heterocycles. The average Bonchev–Trinajstić information content (AvgIpc) is 2.51. The number of carbonyl (C=O) groups is 6. The molecule has 0 radical (unpaired) electrons. The molecule has 4 unspecified atom stereocenters. The fourth-order valence-corrected chi connectivity index (χ4v) is 1.45. The number of hydrogen-bond acceptors (Lipinski definition) is 10. The third-order valence-electron chi connectivity index (χ3n) is 2.95. The van der Waals surface area contributed by atoms with Crippen LogP contribution in [0.1, 0.15) is 12.8 Å². The third-order valence-corrected chi connectivity index (χ3v) is 2.95. The molecule has 0 aromatic carbocycles. The molecule has 0 rings (SSSR count). The Labute approximate surface area is 153 Å². The smallest absolute Gasteiger partial charge is 0.339 e. The molecule has 160 valence electrons. The second kappa shape index (κ2) is 10.1. The van der Waals surface area contributed by atoms with Gasteiger partial charge in [0, 0.05) is 0 Å². The van der Waals surface area contributed by atoms with Crippen molar-refractivity contribution in [2.75, 3.05) is 0 Å². The van der Waals surface area contributed by atoms with Crippen LogP contribution in [0.3, 0.4) is 0 Å². The van der Waals surface area contributed by atoms with Gasteiger partial charge in [-0.3, -0.25) is 9.59 Å². The molecule has 4 atom stereocenters. The van der Waals surface area contributed by atoms with Gasteiger partial charge < -0.3 is 51.1 Å². The highest BCUT2D eigenvalue weighted by molar-refractivity contribution is 5.91. The minimum Gasteiger partial charge on any atom is -0.481 e. The second-order valence-electron chi connectivity index (χ2n) is 5.08. The fraction of sp³-hybridized carbons (Fsp3) is 0.500. The van der Waals surface area contributed by atoms with E-state index in [1.165, 1.54) is 0 Å². The van der Waals surface area contributed by atoms with E-state index in [1.54, 1.807) is 0 Å². The van der Waals surface area contributed by atoms with Crippen LogP contribution in [0.15, 0.2) is 0 Å². The van der Waals surface area contributed by atoms with Crippen LogP contribution < -0.4 is 0 Å². The highest BCUT2D eigenvalue weighted by Crippen LogP contribution is 2.17. The van der Waals surface area contributed by atoms with Crippen molar-refractivity contribution >= 4 is 35.8 Å². The van der Waals surface area contributed by atoms with Crippen LogP contribution in [0, 0.1) is 0 Å². The van der Waals surface area contributed by atoms with Crippen molar-refractivity contribution in [3.05, 3.63) is 0 Å². The first-order chi connectivity index (χ1) is 12.4. The molecule has 0 amide bonds. The first-order valence-corrected chi connectivity index (χ1v) is 6.60. The van der Waals surface area contributed by atoms with Crippen molar-refractivity contribution in [2.24, 2.45) is 0 Å². The Morgan fingerprint density at radius 3 is 0.893 bits per heavy atom. The van der Waals surface area contributed by atoms with Crippen molar-refractivity contribution < 1.29 is 79.8 Å². The van der Waals surface area contributed by atoms with E-state index in [9.17, 15) is 28.8 Å². The SMILES string of the molecule is O=C(O)CC(O)(C(=O)O)C(O)C(=O)O.O=C(O)CC(O)(C(=O)O)C(O)C(=O)O. The average molecular weight is 416 g/mol. The van der Waals surface area contributed by atoms with E-state index in [2.05, 4.69) is 0 Å². The highest BCUT2D eigenvalue weighted by Gasteiger charge is 2.50. The first-order valence-electron chi connectivity index (χ1n) is 6.60. The van der Waals surface area contributed by atoms with Gasteiger partial charge in [0.15, 0.2) is 12.2 Å². The zero-order chi connectivity index (χ0) is 23.0. The minimum atomic E-state index is -3.22. The molecule has 0 fully saturated rings. The van der Waals surface area contributed by atoms with Crippen LogP contribution >= 0.6 is 0 Å². The zero-order valence-electron chi connectivity index (χ0n) is 13.5. The Morgan fingerprint density at radius 2 is 0.786 bits per heavy atom. The zero-order valence-corrected chi connectivity index (χ0v) is 13.5. The highest BCUT2D eigenvalue weighted by atomic mass is 16.5. The maximum atomic E-state index is 10.4. The summed E-state index contributed by atoms with van der Waals surface area (Å²) in [6, 6.07) is 0. The Kier molecular flexibility index (Phi) is 9.71. The Hall–Kier alpha value is -3.34. The largest absolute Gasteiger partial charge is 0.481 e. The van der Waals surface area contributed by atoms with Crippen molar-refractivity contribution in [2.45, 2.75) is 36.3 Å². The standard InChI is InChI=1S/2C6H8O8/c2*7-2(8)1-6(14,5(12)13)3(9)4(10)11/h2*3,9,14H,1H2,(H,7,8)(H,10,11)(H,12,13). The Balaban J connectivity index is 0. The molecule has 0 saturated carbocycles. The van der Waals surface area contributed by atoms with Gasteiger partial charge in [0.25, 0.3) is 0 Å². The van der Waals surface area contributed by atoms with Crippen LogP contribution in [0.2, 0.25) is 0 Å². The Morgan fingerprint density at radius 1 is 0.571 bits per heavy atom. The molecule has 16 nitrogen and oxygen atoms in total. The van der Waals surface area contributed by atoms with Gasteiger partial charge in [-0.1, -0.05) is 0 Å². The lowest BCUT2D eigenvalue weighted by Crippen LogP contribution is -2.54. The molecular formula is C12H16O16. The van der Waals surface area contributed by atoms with Gasteiger partial charge >= 0.3 is 35.8 Å². The summed E-state index contributed by atoms with van der Waals surface area (Å²) >= 11 is 0. The van der Waals surface area contributed by atoms with Crippen LogP contribution in [-0.2, 0) is 28.8 Å². The lowest BCUT2D eigenvalue weighted by molar-refractivity contribution is -0.187. The normalized spacial score (nSPS) is 16.7. The summed E-state index contributed by atoms with van der Waals surface area (Å²) in [7, 11) is 0. The number of aliphatic carboxylic acids is 6. The first kappa shape index (κ1) is 26.9. The van der Waals surface area contributed by atoms with E-state index in [4.69, 9.17) is 51.1 Å². The van der Waals surface area contributed by atoms with Gasteiger partial charge in [0.1, 0.15) is 0 Å². The van der Waals surface area contributed by atoms with Gasteiger partial charge in [0.2, 0.25) is 11.2 Å². The van der Waals surface area contributed by atoms with Crippen LogP contribution in [0.5, 0.6) is 0 Å². The molecule has 10 N–H and O–H groups in total. The maximum Gasteiger partial charge on any atom is 0.339 e. The third kappa shape index (κ3) is 7.11. The van der Waals surface area contributed by atoms with Gasteiger partial charge in [-0.05, 0) is 0 Å². The van der Waals surface area contributed by atoms with E-state index in [0.717, 1.165) is 0 Å². The topological polar surface area (TPSA) is 305 Å². The summed E-state index contributed by atoms with van der Waals surface area (Å²) in [4.78, 5) is 61.3. The maximum absolute atomic E-state index is 10.4. The van der Waals surface area contributed by atoms with Crippen LogP contribution in [0.4, 0.5) is 0 Å². The van der Waals surface area contributed by atoms with Crippen molar-refractivity contribution in [1.82, 2.24) is 0 Å². The summed E-state index contributed by atoms with van der Waals surface area (Å²) in [5.74, 6) is -11.7. The van der Waals surface area contributed by atoms with Gasteiger partial charge in [-0.25, -0.2) is 19.2 Å². The molecule has 0 aromatic rings. The van der Waals surface area contributed by atoms with Gasteiger partial charge in [-0.15, -0.1) is 0 Å². The summed E-state index contributed by atoms with van der Waals surface area (Å²) in [6.07, 6.45) is -8.21. The molecule has 0 heterocycles. The molecule has 0 aromatic heterocycles. The fourth-order valence-electron chi connectivity index (χ4n) is 1.45. The predicted molar refractivity (Wildman–Crippen MR) is 77.0 cm³/mol. The number of aliphatic hydroxyl groups is 4. The number of aliphatic hydroxyl groups excluding tert-OH is 2. The molecule has 0 aliphatic rings. The van der Waals surface area contributed by atoms with Crippen molar-refractivity contribution in [3.8, 4) is 0 Å². The molecule has 0 bridgehead atoms. The van der Waals surface area contributed by atoms with Crippen molar-refractivity contribution in [3.63, 3.8) is 0 Å².